The third-order valence-electron chi connectivity index (χ3n) is 5.99. The molecule has 0 nitrogen and oxygen atoms in total. The average Bonchev–Trinajstić information content (AvgIpc) is 2.58. The molecular weight excluding hydrogens is 271 g/mol. The molecule has 0 bridgehead atoms. The van der Waals surface area contributed by atoms with E-state index in [1.165, 1.54) is 64.2 Å². The topological polar surface area (TPSA) is 0 Å². The fraction of sp³-hybridized carbons (Fsp3) is 0.700. The SMILES string of the molecule is PC(c1ccccc1)C(C1CCCCC1)C1CCCCC1. The van der Waals surface area contributed by atoms with E-state index in [4.69, 9.17) is 0 Å². The molecule has 2 saturated carbocycles. The average molecular weight is 302 g/mol. The van der Waals surface area contributed by atoms with Crippen molar-refractivity contribution in [1.29, 1.82) is 0 Å². The van der Waals surface area contributed by atoms with Crippen molar-refractivity contribution < 1.29 is 0 Å². The molecule has 0 aromatic heterocycles. The summed E-state index contributed by atoms with van der Waals surface area (Å²) in [5.74, 6) is 2.85. The Labute approximate surface area is 133 Å². The first-order valence-corrected chi connectivity index (χ1v) is 9.83. The quantitative estimate of drug-likeness (QED) is 0.566. The summed E-state index contributed by atoms with van der Waals surface area (Å²) >= 11 is 0. The second-order valence-electron chi connectivity index (χ2n) is 7.31. The highest BCUT2D eigenvalue weighted by Crippen LogP contribution is 2.49. The number of hydrogen-bond acceptors (Lipinski definition) is 0. The fourth-order valence-electron chi connectivity index (χ4n) is 4.91. The summed E-state index contributed by atoms with van der Waals surface area (Å²) in [7, 11) is 3.23. The molecule has 0 saturated heterocycles. The van der Waals surface area contributed by atoms with Crippen LogP contribution in [-0.4, -0.2) is 0 Å². The first-order valence-electron chi connectivity index (χ1n) is 9.17. The molecule has 2 unspecified atom stereocenters. The van der Waals surface area contributed by atoms with Crippen LogP contribution < -0.4 is 0 Å². The van der Waals surface area contributed by atoms with Gasteiger partial charge in [0.1, 0.15) is 0 Å². The van der Waals surface area contributed by atoms with Gasteiger partial charge >= 0.3 is 0 Å². The van der Waals surface area contributed by atoms with E-state index < -0.39 is 0 Å². The third kappa shape index (κ3) is 3.89. The van der Waals surface area contributed by atoms with Crippen molar-refractivity contribution in [3.63, 3.8) is 0 Å². The van der Waals surface area contributed by atoms with E-state index in [1.54, 1.807) is 5.56 Å². The van der Waals surface area contributed by atoms with Gasteiger partial charge in [0.15, 0.2) is 0 Å². The van der Waals surface area contributed by atoms with Crippen molar-refractivity contribution in [3.8, 4) is 0 Å². The molecule has 1 aromatic carbocycles. The van der Waals surface area contributed by atoms with E-state index in [2.05, 4.69) is 39.6 Å². The van der Waals surface area contributed by atoms with Crippen LogP contribution in [0.2, 0.25) is 0 Å². The summed E-state index contributed by atoms with van der Waals surface area (Å²) in [5.41, 5.74) is 2.21. The molecule has 2 fully saturated rings. The van der Waals surface area contributed by atoms with Crippen LogP contribution >= 0.6 is 9.24 Å². The van der Waals surface area contributed by atoms with Crippen LogP contribution in [0, 0.1) is 17.8 Å². The zero-order valence-electron chi connectivity index (χ0n) is 13.3. The lowest BCUT2D eigenvalue weighted by molar-refractivity contribution is 0.140. The van der Waals surface area contributed by atoms with Crippen molar-refractivity contribution in [2.24, 2.45) is 17.8 Å². The van der Waals surface area contributed by atoms with Crippen LogP contribution in [0.5, 0.6) is 0 Å². The van der Waals surface area contributed by atoms with E-state index in [0.29, 0.717) is 5.66 Å². The monoisotopic (exact) mass is 302 g/mol. The number of hydrogen-bond donors (Lipinski definition) is 0. The van der Waals surface area contributed by atoms with Gasteiger partial charge in [0, 0.05) is 5.66 Å². The Balaban J connectivity index is 1.80. The van der Waals surface area contributed by atoms with E-state index in [0.717, 1.165) is 17.8 Å². The van der Waals surface area contributed by atoms with Gasteiger partial charge in [0.25, 0.3) is 0 Å². The normalized spacial score (nSPS) is 23.3. The van der Waals surface area contributed by atoms with E-state index >= 15 is 0 Å². The molecule has 0 spiro atoms. The summed E-state index contributed by atoms with van der Waals surface area (Å²) in [6.45, 7) is 0. The smallest absolute Gasteiger partial charge is 0.00189 e. The van der Waals surface area contributed by atoms with E-state index in [-0.39, 0.29) is 0 Å². The fourth-order valence-corrected chi connectivity index (χ4v) is 5.76. The Kier molecular flexibility index (Phi) is 5.75. The maximum Gasteiger partial charge on any atom is 0.00189 e. The van der Waals surface area contributed by atoms with Crippen molar-refractivity contribution in [2.75, 3.05) is 0 Å². The Morgan fingerprint density at radius 1 is 0.714 bits per heavy atom. The minimum Gasteiger partial charge on any atom is -0.129 e. The van der Waals surface area contributed by atoms with Crippen LogP contribution in [0.3, 0.4) is 0 Å². The zero-order valence-corrected chi connectivity index (χ0v) is 14.5. The van der Waals surface area contributed by atoms with Crippen LogP contribution in [0.1, 0.15) is 75.4 Å². The number of benzene rings is 1. The Hall–Kier alpha value is -0.350. The molecule has 0 radical (unpaired) electrons. The summed E-state index contributed by atoms with van der Waals surface area (Å²) in [5, 5.41) is 0. The van der Waals surface area contributed by atoms with Gasteiger partial charge in [-0.25, -0.2) is 0 Å². The molecule has 0 N–H and O–H groups in total. The third-order valence-corrected chi connectivity index (χ3v) is 6.82. The summed E-state index contributed by atoms with van der Waals surface area (Å²) in [6, 6.07) is 11.3. The Morgan fingerprint density at radius 3 is 1.67 bits per heavy atom. The molecule has 0 heterocycles. The molecule has 1 aromatic rings. The summed E-state index contributed by atoms with van der Waals surface area (Å²) in [6.07, 6.45) is 14.8. The first-order chi connectivity index (χ1) is 10.4. The van der Waals surface area contributed by atoms with Gasteiger partial charge in [-0.2, -0.15) is 0 Å². The second kappa shape index (κ2) is 7.77. The molecule has 21 heavy (non-hydrogen) atoms. The highest BCUT2D eigenvalue weighted by molar-refractivity contribution is 7.17. The Morgan fingerprint density at radius 2 is 1.19 bits per heavy atom. The largest absolute Gasteiger partial charge is 0.129 e. The van der Waals surface area contributed by atoms with Crippen LogP contribution in [0.25, 0.3) is 0 Å². The maximum absolute atomic E-state index is 3.23. The van der Waals surface area contributed by atoms with Gasteiger partial charge in [-0.15, -0.1) is 9.24 Å². The van der Waals surface area contributed by atoms with E-state index in [9.17, 15) is 0 Å². The van der Waals surface area contributed by atoms with Gasteiger partial charge < -0.3 is 0 Å². The van der Waals surface area contributed by atoms with Crippen molar-refractivity contribution in [2.45, 2.75) is 69.9 Å². The number of rotatable bonds is 4. The molecule has 1 heteroatoms. The van der Waals surface area contributed by atoms with Gasteiger partial charge in [-0.3, -0.25) is 0 Å². The first kappa shape index (κ1) is 15.5. The van der Waals surface area contributed by atoms with Crippen LogP contribution in [-0.2, 0) is 0 Å². The van der Waals surface area contributed by atoms with E-state index in [1.807, 2.05) is 0 Å². The van der Waals surface area contributed by atoms with Crippen LogP contribution in [0.15, 0.2) is 30.3 Å². The lowest BCUT2D eigenvalue weighted by Gasteiger charge is -2.41. The summed E-state index contributed by atoms with van der Waals surface area (Å²) in [4.78, 5) is 0. The van der Waals surface area contributed by atoms with Crippen molar-refractivity contribution in [1.82, 2.24) is 0 Å². The standard InChI is InChI=1S/C20H31P/c21-20(18-14-8-3-9-15-18)19(16-10-4-1-5-11-16)17-12-6-2-7-13-17/h3,8-9,14-17,19-20H,1-2,4-7,10-13,21H2. The highest BCUT2D eigenvalue weighted by Gasteiger charge is 2.35. The molecule has 116 valence electrons. The predicted octanol–water partition coefficient (Wildman–Crippen LogP) is 6.38. The minimum absolute atomic E-state index is 0.664. The molecule has 2 aliphatic rings. The molecule has 0 amide bonds. The Bertz CT molecular complexity index is 383. The molecule has 2 aliphatic carbocycles. The maximum atomic E-state index is 3.23. The van der Waals surface area contributed by atoms with Gasteiger partial charge in [-0.05, 0) is 23.3 Å². The lowest BCUT2D eigenvalue weighted by Crippen LogP contribution is -2.30. The van der Waals surface area contributed by atoms with Gasteiger partial charge in [0.2, 0.25) is 0 Å². The molecular formula is C20H31P. The second-order valence-corrected chi connectivity index (χ2v) is 8.03. The van der Waals surface area contributed by atoms with Crippen molar-refractivity contribution in [3.05, 3.63) is 35.9 Å². The predicted molar refractivity (Wildman–Crippen MR) is 95.5 cm³/mol. The summed E-state index contributed by atoms with van der Waals surface area (Å²) < 4.78 is 0. The minimum atomic E-state index is 0.664. The molecule has 0 aliphatic heterocycles. The van der Waals surface area contributed by atoms with Crippen molar-refractivity contribution >= 4 is 9.24 Å². The van der Waals surface area contributed by atoms with Gasteiger partial charge in [-0.1, -0.05) is 94.5 Å². The lowest BCUT2D eigenvalue weighted by atomic mass is 9.67. The highest BCUT2D eigenvalue weighted by atomic mass is 31.0. The molecule has 2 atom stereocenters. The zero-order chi connectivity index (χ0) is 14.5. The van der Waals surface area contributed by atoms with Gasteiger partial charge in [0.05, 0.1) is 0 Å². The van der Waals surface area contributed by atoms with Crippen LogP contribution in [0.4, 0.5) is 0 Å². The molecule has 3 rings (SSSR count).